The molecule has 0 radical (unpaired) electrons. The van der Waals surface area contributed by atoms with Crippen LogP contribution in [-0.2, 0) is 5.41 Å². The van der Waals surface area contributed by atoms with E-state index in [4.69, 9.17) is 0 Å². The van der Waals surface area contributed by atoms with Crippen molar-refractivity contribution in [1.29, 1.82) is 0 Å². The third-order valence-corrected chi connectivity index (χ3v) is 8.10. The van der Waals surface area contributed by atoms with Crippen LogP contribution in [0.5, 0.6) is 0 Å². The van der Waals surface area contributed by atoms with Gasteiger partial charge in [0.05, 0.1) is 28.1 Å². The molecule has 0 bridgehead atoms. The molecule has 2 heterocycles. The summed E-state index contributed by atoms with van der Waals surface area (Å²) in [4.78, 5) is 2.45. The van der Waals surface area contributed by atoms with Crippen molar-refractivity contribution in [3.63, 3.8) is 0 Å². The zero-order valence-electron chi connectivity index (χ0n) is 19.8. The molecule has 35 heavy (non-hydrogen) atoms. The summed E-state index contributed by atoms with van der Waals surface area (Å²) in [6, 6.07) is 40.2. The summed E-state index contributed by atoms with van der Waals surface area (Å²) in [5.74, 6) is 0. The fourth-order valence-corrected chi connectivity index (χ4v) is 6.53. The lowest BCUT2D eigenvalue weighted by Crippen LogP contribution is -2.18. The van der Waals surface area contributed by atoms with Crippen molar-refractivity contribution >= 4 is 38.9 Å². The second kappa shape index (κ2) is 6.43. The predicted octanol–water partition coefficient (Wildman–Crippen LogP) is 8.87. The molecule has 6 aromatic rings. The molecule has 166 valence electrons. The first kappa shape index (κ1) is 19.1. The number of hydrogen-bond donors (Lipinski definition) is 0. The summed E-state index contributed by atoms with van der Waals surface area (Å²) >= 11 is 0. The minimum absolute atomic E-state index is 0.0106. The van der Waals surface area contributed by atoms with Crippen LogP contribution in [0.15, 0.2) is 109 Å². The van der Waals surface area contributed by atoms with Gasteiger partial charge in [-0.2, -0.15) is 0 Å². The molecular formula is C33H24N2. The van der Waals surface area contributed by atoms with E-state index in [1.54, 1.807) is 0 Å². The summed E-state index contributed by atoms with van der Waals surface area (Å²) in [6.45, 7) is 4.68. The average molecular weight is 449 g/mol. The molecule has 1 aliphatic carbocycles. The third kappa shape index (κ3) is 2.29. The van der Waals surface area contributed by atoms with E-state index in [1.165, 1.54) is 66.8 Å². The average Bonchev–Trinajstić information content (AvgIpc) is 3.35. The maximum Gasteiger partial charge on any atom is 0.0783 e. The van der Waals surface area contributed by atoms with Crippen molar-refractivity contribution in [2.45, 2.75) is 19.3 Å². The van der Waals surface area contributed by atoms with Gasteiger partial charge in [-0.1, -0.05) is 86.6 Å². The fourth-order valence-electron chi connectivity index (χ4n) is 6.53. The molecule has 1 aromatic heterocycles. The predicted molar refractivity (Wildman–Crippen MR) is 147 cm³/mol. The number of rotatable bonds is 1. The van der Waals surface area contributed by atoms with E-state index in [0.29, 0.717) is 0 Å². The van der Waals surface area contributed by atoms with Crippen LogP contribution in [0.25, 0.3) is 38.6 Å². The van der Waals surface area contributed by atoms with Gasteiger partial charge in [0.2, 0.25) is 0 Å². The number of anilines is 3. The number of fused-ring (bicyclic) bond motifs is 8. The van der Waals surface area contributed by atoms with Gasteiger partial charge in [0.25, 0.3) is 0 Å². The van der Waals surface area contributed by atoms with Gasteiger partial charge in [-0.15, -0.1) is 0 Å². The Morgan fingerprint density at radius 3 is 2.14 bits per heavy atom. The third-order valence-electron chi connectivity index (χ3n) is 8.10. The first-order chi connectivity index (χ1) is 17.1. The van der Waals surface area contributed by atoms with Gasteiger partial charge in [0, 0.05) is 21.9 Å². The van der Waals surface area contributed by atoms with E-state index >= 15 is 0 Å². The lowest BCUT2D eigenvalue weighted by atomic mass is 9.82. The molecule has 0 saturated heterocycles. The van der Waals surface area contributed by atoms with Crippen LogP contribution in [0.4, 0.5) is 17.1 Å². The summed E-state index contributed by atoms with van der Waals surface area (Å²) < 4.78 is 2.44. The number of aromatic nitrogens is 1. The molecule has 0 amide bonds. The summed E-state index contributed by atoms with van der Waals surface area (Å²) in [5.41, 5.74) is 12.9. The van der Waals surface area contributed by atoms with Gasteiger partial charge in [-0.05, 0) is 58.7 Å². The summed E-state index contributed by atoms with van der Waals surface area (Å²) in [7, 11) is 0. The number of benzene rings is 5. The molecule has 8 rings (SSSR count). The van der Waals surface area contributed by atoms with Gasteiger partial charge in [0.1, 0.15) is 0 Å². The van der Waals surface area contributed by atoms with Crippen LogP contribution in [0.3, 0.4) is 0 Å². The lowest BCUT2D eigenvalue weighted by Gasteiger charge is -2.33. The Hall–Kier alpha value is -4.30. The van der Waals surface area contributed by atoms with Gasteiger partial charge < -0.3 is 9.47 Å². The standard InChI is InChI=1S/C33H24N2/c1-33(2)26-13-5-3-10-22(26)25-20-21(18-19-27(25)33)34-29-15-7-8-16-30(29)35-28-14-6-4-11-23(28)24-12-9-17-31(34)32(24)35/h3-20H,1-2H3. The monoisotopic (exact) mass is 448 g/mol. The maximum atomic E-state index is 2.45. The van der Waals surface area contributed by atoms with E-state index in [2.05, 4.69) is 133 Å². The largest absolute Gasteiger partial charge is 0.306 e. The Kier molecular flexibility index (Phi) is 3.50. The number of hydrogen-bond acceptors (Lipinski definition) is 1. The Morgan fingerprint density at radius 1 is 0.543 bits per heavy atom. The smallest absolute Gasteiger partial charge is 0.0783 e. The van der Waals surface area contributed by atoms with Crippen LogP contribution < -0.4 is 4.90 Å². The molecule has 2 nitrogen and oxygen atoms in total. The maximum absolute atomic E-state index is 2.45. The highest BCUT2D eigenvalue weighted by Gasteiger charge is 2.36. The van der Waals surface area contributed by atoms with E-state index in [9.17, 15) is 0 Å². The quantitative estimate of drug-likeness (QED) is 0.243. The van der Waals surface area contributed by atoms with E-state index < -0.39 is 0 Å². The van der Waals surface area contributed by atoms with E-state index in [-0.39, 0.29) is 5.41 Å². The van der Waals surface area contributed by atoms with Crippen LogP contribution in [0.2, 0.25) is 0 Å². The van der Waals surface area contributed by atoms with Gasteiger partial charge in [0.15, 0.2) is 0 Å². The van der Waals surface area contributed by atoms with Crippen molar-refractivity contribution in [3.05, 3.63) is 120 Å². The molecule has 0 unspecified atom stereocenters. The first-order valence-electron chi connectivity index (χ1n) is 12.3. The highest BCUT2D eigenvalue weighted by atomic mass is 15.2. The summed E-state index contributed by atoms with van der Waals surface area (Å²) in [6.07, 6.45) is 0. The Balaban J connectivity index is 1.46. The molecule has 2 aliphatic rings. The number of nitrogens with zero attached hydrogens (tertiary/aromatic N) is 2. The Morgan fingerprint density at radius 2 is 1.23 bits per heavy atom. The second-order valence-electron chi connectivity index (χ2n) is 10.3. The normalized spacial score (nSPS) is 14.7. The molecule has 0 N–H and O–H groups in total. The molecule has 0 spiro atoms. The molecule has 0 fully saturated rings. The van der Waals surface area contributed by atoms with Crippen LogP contribution >= 0.6 is 0 Å². The fraction of sp³-hybridized carbons (Fsp3) is 0.0909. The van der Waals surface area contributed by atoms with Crippen molar-refractivity contribution < 1.29 is 0 Å². The van der Waals surface area contributed by atoms with Crippen molar-refractivity contribution in [3.8, 4) is 16.8 Å². The molecule has 5 aromatic carbocycles. The number of para-hydroxylation sites is 4. The van der Waals surface area contributed by atoms with Gasteiger partial charge in [-0.3, -0.25) is 0 Å². The molecule has 1 aliphatic heterocycles. The Bertz CT molecular complexity index is 1840. The summed E-state index contributed by atoms with van der Waals surface area (Å²) in [5, 5.41) is 2.59. The lowest BCUT2D eigenvalue weighted by molar-refractivity contribution is 0.660. The Labute approximate surface area is 204 Å². The van der Waals surface area contributed by atoms with Crippen molar-refractivity contribution in [1.82, 2.24) is 4.57 Å². The topological polar surface area (TPSA) is 8.17 Å². The van der Waals surface area contributed by atoms with Crippen molar-refractivity contribution in [2.24, 2.45) is 0 Å². The SMILES string of the molecule is CC1(C)c2ccccc2-c2cc(N3c4ccccc4-n4c5ccccc5c5cccc3c54)ccc21. The van der Waals surface area contributed by atoms with Crippen LogP contribution in [-0.4, -0.2) is 4.57 Å². The second-order valence-corrected chi connectivity index (χ2v) is 10.3. The zero-order valence-corrected chi connectivity index (χ0v) is 19.8. The van der Waals surface area contributed by atoms with Gasteiger partial charge >= 0.3 is 0 Å². The molecule has 0 atom stereocenters. The van der Waals surface area contributed by atoms with E-state index in [0.717, 1.165) is 0 Å². The molecular weight excluding hydrogens is 424 g/mol. The van der Waals surface area contributed by atoms with Crippen LogP contribution in [0, 0.1) is 0 Å². The molecule has 2 heteroatoms. The van der Waals surface area contributed by atoms with Gasteiger partial charge in [-0.25, -0.2) is 0 Å². The van der Waals surface area contributed by atoms with E-state index in [1.807, 2.05) is 0 Å². The highest BCUT2D eigenvalue weighted by molar-refractivity contribution is 6.16. The molecule has 0 saturated carbocycles. The zero-order chi connectivity index (χ0) is 23.3. The van der Waals surface area contributed by atoms with Crippen LogP contribution in [0.1, 0.15) is 25.0 Å². The first-order valence-corrected chi connectivity index (χ1v) is 12.3. The highest BCUT2D eigenvalue weighted by Crippen LogP contribution is 2.53. The minimum atomic E-state index is 0.0106. The minimum Gasteiger partial charge on any atom is -0.306 e. The van der Waals surface area contributed by atoms with Crippen molar-refractivity contribution in [2.75, 3.05) is 4.90 Å².